The van der Waals surface area contributed by atoms with Gasteiger partial charge in [-0.2, -0.15) is 0 Å². The molecule has 0 saturated carbocycles. The summed E-state index contributed by atoms with van der Waals surface area (Å²) in [5.74, 6) is 0.499. The van der Waals surface area contributed by atoms with Crippen LogP contribution in [0.3, 0.4) is 0 Å². The van der Waals surface area contributed by atoms with Crippen molar-refractivity contribution in [1.82, 2.24) is 9.88 Å². The maximum Gasteiger partial charge on any atom is 0.257 e. The van der Waals surface area contributed by atoms with Gasteiger partial charge in [0.25, 0.3) is 5.91 Å². The van der Waals surface area contributed by atoms with Crippen molar-refractivity contribution in [3.05, 3.63) is 64.3 Å². The number of halogens is 1. The first-order valence-electron chi connectivity index (χ1n) is 7.88. The molecule has 0 atom stereocenters. The van der Waals surface area contributed by atoms with E-state index in [0.717, 1.165) is 11.9 Å². The lowest BCUT2D eigenvalue weighted by Crippen LogP contribution is -2.36. The van der Waals surface area contributed by atoms with E-state index in [0.29, 0.717) is 29.4 Å². The Labute approximate surface area is 145 Å². The van der Waals surface area contributed by atoms with E-state index < -0.39 is 0 Å². The van der Waals surface area contributed by atoms with E-state index in [1.165, 1.54) is 16.6 Å². The van der Waals surface area contributed by atoms with Gasteiger partial charge in [-0.1, -0.05) is 29.8 Å². The molecule has 1 aliphatic rings. The fraction of sp³-hybridized carbons (Fsp3) is 0.211. The Bertz CT molecular complexity index is 932. The number of ether oxygens (including phenoxy) is 1. The molecule has 0 bridgehead atoms. The molecule has 2 heterocycles. The number of amides is 1. The van der Waals surface area contributed by atoms with Crippen LogP contribution in [0, 0.1) is 0 Å². The minimum Gasteiger partial charge on any atom is -0.496 e. The molecule has 1 N–H and O–H groups in total. The van der Waals surface area contributed by atoms with Crippen molar-refractivity contribution in [1.29, 1.82) is 0 Å². The summed E-state index contributed by atoms with van der Waals surface area (Å²) in [6.07, 6.45) is 0.818. The first-order chi connectivity index (χ1) is 11.7. The van der Waals surface area contributed by atoms with Crippen molar-refractivity contribution in [2.24, 2.45) is 0 Å². The number of nitrogens with one attached hydrogen (secondary N) is 1. The third-order valence-corrected chi connectivity index (χ3v) is 4.80. The van der Waals surface area contributed by atoms with Crippen molar-refractivity contribution in [2.75, 3.05) is 13.7 Å². The zero-order valence-corrected chi connectivity index (χ0v) is 14.1. The number of carbonyl (C=O) groups is 1. The van der Waals surface area contributed by atoms with Crippen LogP contribution < -0.4 is 4.74 Å². The average Bonchev–Trinajstić information content (AvgIpc) is 2.99. The zero-order valence-electron chi connectivity index (χ0n) is 13.3. The van der Waals surface area contributed by atoms with E-state index in [9.17, 15) is 4.79 Å². The summed E-state index contributed by atoms with van der Waals surface area (Å²) < 4.78 is 5.32. The highest BCUT2D eigenvalue weighted by Crippen LogP contribution is 2.30. The van der Waals surface area contributed by atoms with Crippen molar-refractivity contribution in [2.45, 2.75) is 13.0 Å². The normalized spacial score (nSPS) is 13.8. The lowest BCUT2D eigenvalue weighted by Gasteiger charge is -2.28. The molecule has 0 radical (unpaired) electrons. The second kappa shape index (κ2) is 5.87. The smallest absolute Gasteiger partial charge is 0.257 e. The number of carbonyl (C=O) groups excluding carboxylic acids is 1. The third-order valence-electron chi connectivity index (χ3n) is 4.56. The SMILES string of the molecule is COc1ccc(Cl)cc1C(=O)N1CCc2[nH]c3ccccc3c2C1. The summed E-state index contributed by atoms with van der Waals surface area (Å²) >= 11 is 6.07. The van der Waals surface area contributed by atoms with Crippen LogP contribution in [0.25, 0.3) is 10.9 Å². The number of hydrogen-bond acceptors (Lipinski definition) is 2. The van der Waals surface area contributed by atoms with E-state index in [1.807, 2.05) is 17.0 Å². The molecule has 2 aromatic carbocycles. The van der Waals surface area contributed by atoms with Crippen LogP contribution >= 0.6 is 11.6 Å². The van der Waals surface area contributed by atoms with Gasteiger partial charge in [0, 0.05) is 46.7 Å². The molecule has 0 fully saturated rings. The first kappa shape index (κ1) is 15.1. The summed E-state index contributed by atoms with van der Waals surface area (Å²) in [4.78, 5) is 18.3. The largest absolute Gasteiger partial charge is 0.496 e. The van der Waals surface area contributed by atoms with E-state index >= 15 is 0 Å². The van der Waals surface area contributed by atoms with E-state index in [1.54, 1.807) is 25.3 Å². The summed E-state index contributed by atoms with van der Waals surface area (Å²) in [5.41, 5.74) is 4.05. The first-order valence-corrected chi connectivity index (χ1v) is 8.26. The predicted octanol–water partition coefficient (Wildman–Crippen LogP) is 4.03. The van der Waals surface area contributed by atoms with Crippen LogP contribution in [0.5, 0.6) is 5.75 Å². The van der Waals surface area contributed by atoms with Crippen LogP contribution in [0.4, 0.5) is 0 Å². The highest BCUT2D eigenvalue weighted by molar-refractivity contribution is 6.31. The van der Waals surface area contributed by atoms with Crippen LogP contribution in [0.1, 0.15) is 21.6 Å². The summed E-state index contributed by atoms with van der Waals surface area (Å²) in [6, 6.07) is 13.3. The minimum absolute atomic E-state index is 0.0507. The molecule has 3 aromatic rings. The molecule has 1 aliphatic heterocycles. The number of hydrogen-bond donors (Lipinski definition) is 1. The second-order valence-corrected chi connectivity index (χ2v) is 6.39. The molecule has 24 heavy (non-hydrogen) atoms. The lowest BCUT2D eigenvalue weighted by molar-refractivity contribution is 0.0731. The Morgan fingerprint density at radius 1 is 1.25 bits per heavy atom. The Balaban J connectivity index is 1.69. The van der Waals surface area contributed by atoms with Crippen LogP contribution in [0.15, 0.2) is 42.5 Å². The van der Waals surface area contributed by atoms with Crippen molar-refractivity contribution < 1.29 is 9.53 Å². The fourth-order valence-corrected chi connectivity index (χ4v) is 3.53. The molecule has 4 rings (SSSR count). The summed E-state index contributed by atoms with van der Waals surface area (Å²) in [7, 11) is 1.56. The average molecular weight is 341 g/mol. The van der Waals surface area contributed by atoms with Crippen molar-refractivity contribution in [3.8, 4) is 5.75 Å². The summed E-state index contributed by atoms with van der Waals surface area (Å²) in [5, 5.41) is 1.71. The van der Waals surface area contributed by atoms with Gasteiger partial charge in [-0.05, 0) is 24.3 Å². The number of H-pyrrole nitrogens is 1. The van der Waals surface area contributed by atoms with Crippen LogP contribution in [-0.4, -0.2) is 29.4 Å². The topological polar surface area (TPSA) is 45.3 Å². The van der Waals surface area contributed by atoms with Crippen molar-refractivity contribution >= 4 is 28.4 Å². The molecular weight excluding hydrogens is 324 g/mol. The number of aromatic nitrogens is 1. The van der Waals surface area contributed by atoms with Crippen LogP contribution in [0.2, 0.25) is 5.02 Å². The monoisotopic (exact) mass is 340 g/mol. The Morgan fingerprint density at radius 3 is 2.92 bits per heavy atom. The van der Waals surface area contributed by atoms with Gasteiger partial charge in [0.15, 0.2) is 0 Å². The zero-order chi connectivity index (χ0) is 16.7. The molecule has 0 saturated heterocycles. The molecule has 1 amide bonds. The molecule has 1 aromatic heterocycles. The number of aromatic amines is 1. The lowest BCUT2D eigenvalue weighted by atomic mass is 10.0. The van der Waals surface area contributed by atoms with Gasteiger partial charge in [-0.25, -0.2) is 0 Å². The van der Waals surface area contributed by atoms with Gasteiger partial charge in [-0.15, -0.1) is 0 Å². The van der Waals surface area contributed by atoms with Gasteiger partial charge >= 0.3 is 0 Å². The number of benzene rings is 2. The van der Waals surface area contributed by atoms with E-state index in [-0.39, 0.29) is 5.91 Å². The molecular formula is C19H17ClN2O2. The maximum atomic E-state index is 13.0. The summed E-state index contributed by atoms with van der Waals surface area (Å²) in [6.45, 7) is 1.27. The number of nitrogens with zero attached hydrogens (tertiary/aromatic N) is 1. The minimum atomic E-state index is -0.0507. The Morgan fingerprint density at radius 2 is 2.08 bits per heavy atom. The number of fused-ring (bicyclic) bond motifs is 3. The fourth-order valence-electron chi connectivity index (χ4n) is 3.36. The van der Waals surface area contributed by atoms with Gasteiger partial charge in [0.05, 0.1) is 12.7 Å². The highest BCUT2D eigenvalue weighted by Gasteiger charge is 2.26. The third kappa shape index (κ3) is 2.43. The van der Waals surface area contributed by atoms with E-state index in [2.05, 4.69) is 17.1 Å². The predicted molar refractivity (Wildman–Crippen MR) is 94.7 cm³/mol. The molecule has 122 valence electrons. The van der Waals surface area contributed by atoms with E-state index in [4.69, 9.17) is 16.3 Å². The van der Waals surface area contributed by atoms with Gasteiger partial charge in [0.2, 0.25) is 0 Å². The number of para-hydroxylation sites is 1. The van der Waals surface area contributed by atoms with Gasteiger partial charge < -0.3 is 14.6 Å². The molecule has 5 heteroatoms. The highest BCUT2D eigenvalue weighted by atomic mass is 35.5. The van der Waals surface area contributed by atoms with Gasteiger partial charge in [-0.3, -0.25) is 4.79 Å². The number of rotatable bonds is 2. The van der Waals surface area contributed by atoms with Crippen molar-refractivity contribution in [3.63, 3.8) is 0 Å². The Hall–Kier alpha value is -2.46. The number of methoxy groups -OCH3 is 1. The Kier molecular flexibility index (Phi) is 3.69. The quantitative estimate of drug-likeness (QED) is 0.765. The van der Waals surface area contributed by atoms with Gasteiger partial charge in [0.1, 0.15) is 5.75 Å². The maximum absolute atomic E-state index is 13.0. The molecule has 0 aliphatic carbocycles. The second-order valence-electron chi connectivity index (χ2n) is 5.95. The standard InChI is InChI=1S/C19H17ClN2O2/c1-24-18-7-6-12(20)10-14(18)19(23)22-9-8-17-15(11-22)13-4-2-3-5-16(13)21-17/h2-7,10,21H,8-9,11H2,1H3. The molecule has 4 nitrogen and oxygen atoms in total. The van der Waals surface area contributed by atoms with Crippen LogP contribution in [-0.2, 0) is 13.0 Å². The molecule has 0 spiro atoms. The molecule has 0 unspecified atom stereocenters.